The lowest BCUT2D eigenvalue weighted by molar-refractivity contribution is 0.0265. The van der Waals surface area contributed by atoms with E-state index in [2.05, 4.69) is 4.98 Å². The van der Waals surface area contributed by atoms with Crippen molar-refractivity contribution in [3.8, 4) is 0 Å². The van der Waals surface area contributed by atoms with Gasteiger partial charge in [0.2, 0.25) is 0 Å². The number of rotatable bonds is 1. The van der Waals surface area contributed by atoms with E-state index >= 15 is 0 Å². The van der Waals surface area contributed by atoms with Crippen molar-refractivity contribution in [3.05, 3.63) is 35.7 Å². The zero-order chi connectivity index (χ0) is 15.6. The zero-order valence-corrected chi connectivity index (χ0v) is 13.1. The van der Waals surface area contributed by atoms with Crippen molar-refractivity contribution < 1.29 is 9.53 Å². The fourth-order valence-electron chi connectivity index (χ4n) is 2.27. The summed E-state index contributed by atoms with van der Waals surface area (Å²) in [6, 6.07) is 1.85. The van der Waals surface area contributed by atoms with Crippen LogP contribution in [0, 0.1) is 6.92 Å². The first-order valence-electron chi connectivity index (χ1n) is 7.11. The fraction of sp³-hybridized carbons (Fsp3) is 0.500. The van der Waals surface area contributed by atoms with Crippen LogP contribution in [-0.2, 0) is 4.74 Å². The average Bonchev–Trinajstić information content (AvgIpc) is 2.36. The van der Waals surface area contributed by atoms with Gasteiger partial charge < -0.3 is 15.4 Å². The van der Waals surface area contributed by atoms with Crippen molar-refractivity contribution in [1.29, 1.82) is 0 Å². The van der Waals surface area contributed by atoms with Gasteiger partial charge in [-0.1, -0.05) is 6.08 Å². The molecule has 0 bridgehead atoms. The maximum absolute atomic E-state index is 12.2. The normalized spacial score (nSPS) is 19.2. The van der Waals surface area contributed by atoms with Crippen LogP contribution in [0.5, 0.6) is 0 Å². The highest BCUT2D eigenvalue weighted by molar-refractivity contribution is 5.76. The van der Waals surface area contributed by atoms with E-state index in [9.17, 15) is 4.79 Å². The predicted octanol–water partition coefficient (Wildman–Crippen LogP) is 2.35. The van der Waals surface area contributed by atoms with Gasteiger partial charge in [-0.05, 0) is 50.5 Å². The molecule has 1 atom stereocenters. The molecule has 0 aromatic carbocycles. The largest absolute Gasteiger partial charge is 0.444 e. The standard InChI is InChI=1S/C16H23N3O2/c1-11-5-12(8-18-7-11)13-6-14(17)10-19(9-13)15(20)21-16(2,3)4/h5-8,14H,9-10,17H2,1-4H3. The van der Waals surface area contributed by atoms with Crippen molar-refractivity contribution in [1.82, 2.24) is 9.88 Å². The van der Waals surface area contributed by atoms with Crippen LogP contribution in [0.2, 0.25) is 0 Å². The van der Waals surface area contributed by atoms with E-state index in [1.54, 1.807) is 17.3 Å². The first kappa shape index (κ1) is 15.5. The molecule has 0 saturated carbocycles. The lowest BCUT2D eigenvalue weighted by atomic mass is 10.00. The number of aryl methyl sites for hydroxylation is 1. The van der Waals surface area contributed by atoms with Gasteiger partial charge in [0.25, 0.3) is 0 Å². The molecule has 0 radical (unpaired) electrons. The lowest BCUT2D eigenvalue weighted by Gasteiger charge is -2.32. The van der Waals surface area contributed by atoms with Crippen LogP contribution in [0.3, 0.4) is 0 Å². The Bertz CT molecular complexity index is 561. The summed E-state index contributed by atoms with van der Waals surface area (Å²) < 4.78 is 5.42. The number of hydrogen-bond acceptors (Lipinski definition) is 4. The third kappa shape index (κ3) is 4.29. The maximum atomic E-state index is 12.2. The van der Waals surface area contributed by atoms with Crippen molar-refractivity contribution in [2.24, 2.45) is 5.73 Å². The molecule has 1 amide bonds. The summed E-state index contributed by atoms with van der Waals surface area (Å²) in [7, 11) is 0. The summed E-state index contributed by atoms with van der Waals surface area (Å²) >= 11 is 0. The summed E-state index contributed by atoms with van der Waals surface area (Å²) in [6.45, 7) is 8.53. The minimum Gasteiger partial charge on any atom is -0.444 e. The fourth-order valence-corrected chi connectivity index (χ4v) is 2.27. The molecular weight excluding hydrogens is 266 g/mol. The molecule has 2 heterocycles. The number of hydrogen-bond donors (Lipinski definition) is 1. The van der Waals surface area contributed by atoms with Crippen molar-refractivity contribution in [2.75, 3.05) is 13.1 Å². The third-order valence-electron chi connectivity index (χ3n) is 3.11. The van der Waals surface area contributed by atoms with E-state index in [0.717, 1.165) is 16.7 Å². The number of aromatic nitrogens is 1. The summed E-state index contributed by atoms with van der Waals surface area (Å²) in [6.07, 6.45) is 5.27. The Balaban J connectivity index is 2.17. The maximum Gasteiger partial charge on any atom is 0.410 e. The number of carbonyl (C=O) groups is 1. The van der Waals surface area contributed by atoms with Crippen LogP contribution in [0.4, 0.5) is 4.79 Å². The first-order chi connectivity index (χ1) is 9.74. The summed E-state index contributed by atoms with van der Waals surface area (Å²) in [5, 5.41) is 0. The predicted molar refractivity (Wildman–Crippen MR) is 82.7 cm³/mol. The van der Waals surface area contributed by atoms with Gasteiger partial charge in [-0.25, -0.2) is 4.79 Å². The minimum absolute atomic E-state index is 0.193. The van der Waals surface area contributed by atoms with Crippen LogP contribution in [0.15, 0.2) is 24.5 Å². The molecule has 21 heavy (non-hydrogen) atoms. The second-order valence-corrected chi connectivity index (χ2v) is 6.47. The molecule has 2 N–H and O–H groups in total. The number of amides is 1. The van der Waals surface area contributed by atoms with Gasteiger partial charge in [-0.2, -0.15) is 0 Å². The Hall–Kier alpha value is -1.88. The molecular formula is C16H23N3O2. The van der Waals surface area contributed by atoms with Gasteiger partial charge in [0.1, 0.15) is 5.60 Å². The van der Waals surface area contributed by atoms with E-state index < -0.39 is 5.60 Å². The Morgan fingerprint density at radius 2 is 2.14 bits per heavy atom. The Kier molecular flexibility index (Phi) is 4.32. The molecule has 0 saturated heterocycles. The van der Waals surface area contributed by atoms with E-state index in [1.807, 2.05) is 39.8 Å². The molecule has 2 rings (SSSR count). The van der Waals surface area contributed by atoms with Crippen LogP contribution in [0.1, 0.15) is 31.9 Å². The van der Waals surface area contributed by atoms with E-state index in [4.69, 9.17) is 10.5 Å². The Morgan fingerprint density at radius 3 is 2.76 bits per heavy atom. The SMILES string of the molecule is Cc1cncc(C2=CC(N)CN(C(=O)OC(C)(C)C)C2)c1. The van der Waals surface area contributed by atoms with Gasteiger partial charge in [0, 0.05) is 31.5 Å². The number of nitrogens with zero attached hydrogens (tertiary/aromatic N) is 2. The highest BCUT2D eigenvalue weighted by atomic mass is 16.6. The smallest absolute Gasteiger partial charge is 0.410 e. The molecule has 0 spiro atoms. The molecule has 1 unspecified atom stereocenters. The minimum atomic E-state index is -0.507. The molecule has 1 aromatic heterocycles. The lowest BCUT2D eigenvalue weighted by Crippen LogP contribution is -2.46. The second-order valence-electron chi connectivity index (χ2n) is 6.47. The summed E-state index contributed by atoms with van der Waals surface area (Å²) in [5.74, 6) is 0. The Labute approximate surface area is 125 Å². The highest BCUT2D eigenvalue weighted by Gasteiger charge is 2.27. The van der Waals surface area contributed by atoms with Gasteiger partial charge in [-0.3, -0.25) is 4.98 Å². The topological polar surface area (TPSA) is 68.5 Å². The summed E-state index contributed by atoms with van der Waals surface area (Å²) in [4.78, 5) is 18.1. The van der Waals surface area contributed by atoms with Crippen molar-refractivity contribution in [3.63, 3.8) is 0 Å². The molecule has 5 nitrogen and oxygen atoms in total. The second kappa shape index (κ2) is 5.85. The van der Waals surface area contributed by atoms with E-state index in [0.29, 0.717) is 13.1 Å². The van der Waals surface area contributed by atoms with Crippen LogP contribution in [-0.4, -0.2) is 40.7 Å². The molecule has 0 aliphatic carbocycles. The average molecular weight is 289 g/mol. The number of pyridine rings is 1. The van der Waals surface area contributed by atoms with Crippen LogP contribution < -0.4 is 5.73 Å². The third-order valence-corrected chi connectivity index (χ3v) is 3.11. The first-order valence-corrected chi connectivity index (χ1v) is 7.11. The van der Waals surface area contributed by atoms with Crippen LogP contribution >= 0.6 is 0 Å². The van der Waals surface area contributed by atoms with Crippen molar-refractivity contribution in [2.45, 2.75) is 39.3 Å². The van der Waals surface area contributed by atoms with E-state index in [-0.39, 0.29) is 12.1 Å². The van der Waals surface area contributed by atoms with E-state index in [1.165, 1.54) is 0 Å². The van der Waals surface area contributed by atoms with Crippen LogP contribution in [0.25, 0.3) is 5.57 Å². The van der Waals surface area contributed by atoms with Gasteiger partial charge in [0.05, 0.1) is 0 Å². The van der Waals surface area contributed by atoms with Crippen molar-refractivity contribution >= 4 is 11.7 Å². The highest BCUT2D eigenvalue weighted by Crippen LogP contribution is 2.22. The van der Waals surface area contributed by atoms with Gasteiger partial charge in [-0.15, -0.1) is 0 Å². The number of nitrogens with two attached hydrogens (primary N) is 1. The monoisotopic (exact) mass is 289 g/mol. The molecule has 0 fully saturated rings. The quantitative estimate of drug-likeness (QED) is 0.861. The van der Waals surface area contributed by atoms with Gasteiger partial charge >= 0.3 is 6.09 Å². The van der Waals surface area contributed by atoms with Gasteiger partial charge in [0.15, 0.2) is 0 Å². The molecule has 1 aromatic rings. The molecule has 5 heteroatoms. The molecule has 1 aliphatic heterocycles. The Morgan fingerprint density at radius 1 is 1.43 bits per heavy atom. The summed E-state index contributed by atoms with van der Waals surface area (Å²) in [5.41, 5.74) is 8.63. The number of ether oxygens (including phenoxy) is 1. The molecule has 1 aliphatic rings. The zero-order valence-electron chi connectivity index (χ0n) is 13.1. The molecule has 114 valence electrons. The number of carbonyl (C=O) groups excluding carboxylic acids is 1.